The second-order valence-corrected chi connectivity index (χ2v) is 6.71. The van der Waals surface area contributed by atoms with E-state index in [0.29, 0.717) is 0 Å². The van der Waals surface area contributed by atoms with Crippen molar-refractivity contribution in [1.29, 1.82) is 0 Å². The minimum Gasteiger partial charge on any atom is -0.277 e. The van der Waals surface area contributed by atoms with Crippen molar-refractivity contribution in [3.63, 3.8) is 0 Å². The summed E-state index contributed by atoms with van der Waals surface area (Å²) in [5.74, 6) is -3.63. The van der Waals surface area contributed by atoms with E-state index in [1.807, 2.05) is 0 Å². The average Bonchev–Trinajstić information content (AvgIpc) is 2.19. The quantitative estimate of drug-likeness (QED) is 0.861. The molecule has 0 aliphatic heterocycles. The molecule has 1 aromatic rings. The van der Waals surface area contributed by atoms with E-state index in [4.69, 9.17) is 16.7 Å². The van der Waals surface area contributed by atoms with Crippen LogP contribution < -0.4 is 9.86 Å². The zero-order chi connectivity index (χ0) is 14.1. The van der Waals surface area contributed by atoms with Gasteiger partial charge in [0, 0.05) is 0 Å². The molecule has 0 aliphatic rings. The van der Waals surface area contributed by atoms with Gasteiger partial charge in [0.1, 0.15) is 0 Å². The summed E-state index contributed by atoms with van der Waals surface area (Å²) in [5.41, 5.74) is -0.371. The number of sulfonamides is 2. The minimum absolute atomic E-state index is 0.368. The zero-order valence-electron chi connectivity index (χ0n) is 8.47. The Morgan fingerprint density at radius 2 is 1.78 bits per heavy atom. The van der Waals surface area contributed by atoms with Gasteiger partial charge in [-0.3, -0.25) is 4.72 Å². The number of hydrogen-bond acceptors (Lipinski definition) is 4. The highest BCUT2D eigenvalue weighted by molar-refractivity contribution is 7.93. The van der Waals surface area contributed by atoms with Crippen LogP contribution in [0, 0.1) is 0 Å². The first-order valence-corrected chi connectivity index (χ1v) is 7.63. The third-order valence-corrected chi connectivity index (χ3v) is 3.95. The van der Waals surface area contributed by atoms with Gasteiger partial charge in [0.2, 0.25) is 10.0 Å². The molecular weight excluding hydrogens is 314 g/mol. The molecular formula is C7H7ClF2N2O4S2. The second kappa shape index (κ2) is 4.96. The number of alkyl halides is 2. The van der Waals surface area contributed by atoms with Gasteiger partial charge in [0.05, 0.1) is 15.6 Å². The molecule has 0 spiro atoms. The lowest BCUT2D eigenvalue weighted by atomic mass is 10.3. The zero-order valence-corrected chi connectivity index (χ0v) is 10.9. The Morgan fingerprint density at radius 3 is 2.17 bits per heavy atom. The predicted octanol–water partition coefficient (Wildman–Crippen LogP) is 0.952. The fourth-order valence-corrected chi connectivity index (χ4v) is 2.42. The van der Waals surface area contributed by atoms with Crippen molar-refractivity contribution in [2.75, 3.05) is 4.72 Å². The lowest BCUT2D eigenvalue weighted by molar-refractivity contribution is 0.236. The van der Waals surface area contributed by atoms with E-state index in [-0.39, 0.29) is 15.6 Å². The summed E-state index contributed by atoms with van der Waals surface area (Å²) in [6.45, 7) is 0. The summed E-state index contributed by atoms with van der Waals surface area (Å²) in [7, 11) is -8.88. The van der Waals surface area contributed by atoms with Crippen molar-refractivity contribution < 1.29 is 25.6 Å². The maximum Gasteiger partial charge on any atom is 0.355 e. The Hall–Kier alpha value is -0.970. The van der Waals surface area contributed by atoms with Crippen LogP contribution in [-0.2, 0) is 20.0 Å². The Morgan fingerprint density at radius 1 is 1.22 bits per heavy atom. The minimum atomic E-state index is -4.87. The lowest BCUT2D eigenvalue weighted by Crippen LogP contribution is -2.21. The molecule has 0 saturated heterocycles. The summed E-state index contributed by atoms with van der Waals surface area (Å²) in [5, 5.41) is 4.44. The molecule has 0 aromatic heterocycles. The molecule has 1 rings (SSSR count). The normalized spacial score (nSPS) is 12.7. The molecule has 6 nitrogen and oxygen atoms in total. The fourth-order valence-electron chi connectivity index (χ4n) is 0.953. The highest BCUT2D eigenvalue weighted by atomic mass is 35.5. The maximum atomic E-state index is 12.1. The number of halogens is 3. The van der Waals surface area contributed by atoms with Gasteiger partial charge in [0.15, 0.2) is 0 Å². The van der Waals surface area contributed by atoms with Gasteiger partial charge in [-0.15, -0.1) is 0 Å². The number of anilines is 1. The second-order valence-electron chi connectivity index (χ2n) is 3.09. The van der Waals surface area contributed by atoms with E-state index in [9.17, 15) is 25.6 Å². The van der Waals surface area contributed by atoms with Crippen LogP contribution in [0.2, 0.25) is 5.02 Å². The van der Waals surface area contributed by atoms with Gasteiger partial charge < -0.3 is 0 Å². The van der Waals surface area contributed by atoms with Crippen LogP contribution in [-0.4, -0.2) is 22.6 Å². The standard InChI is InChI=1S/C7H7ClF2N2O4S2/c8-5-3-4(17(11,13)14)1-2-6(5)12-18(15,16)7(9)10/h1-3,7,12H,(H2,11,13,14). The molecule has 0 bridgehead atoms. The Labute approximate surface area is 107 Å². The molecule has 18 heavy (non-hydrogen) atoms. The predicted molar refractivity (Wildman–Crippen MR) is 61.4 cm³/mol. The highest BCUT2D eigenvalue weighted by Crippen LogP contribution is 2.26. The molecule has 0 amide bonds. The first-order valence-electron chi connectivity index (χ1n) is 4.16. The number of nitrogens with two attached hydrogens (primary N) is 1. The molecule has 1 aromatic carbocycles. The number of hydrogen-bond donors (Lipinski definition) is 2. The highest BCUT2D eigenvalue weighted by Gasteiger charge is 2.24. The van der Waals surface area contributed by atoms with Gasteiger partial charge in [-0.05, 0) is 18.2 Å². The first-order chi connectivity index (χ1) is 8.04. The van der Waals surface area contributed by atoms with E-state index < -0.39 is 25.8 Å². The monoisotopic (exact) mass is 320 g/mol. The average molecular weight is 321 g/mol. The molecule has 102 valence electrons. The first kappa shape index (κ1) is 15.1. The van der Waals surface area contributed by atoms with E-state index >= 15 is 0 Å². The van der Waals surface area contributed by atoms with Crippen molar-refractivity contribution in [2.24, 2.45) is 5.14 Å². The summed E-state index contributed by atoms with van der Waals surface area (Å²) in [6.07, 6.45) is 0. The fraction of sp³-hybridized carbons (Fsp3) is 0.143. The third kappa shape index (κ3) is 3.51. The van der Waals surface area contributed by atoms with Gasteiger partial charge in [-0.2, -0.15) is 8.78 Å². The van der Waals surface area contributed by atoms with Gasteiger partial charge in [0.25, 0.3) is 10.0 Å². The van der Waals surface area contributed by atoms with Crippen LogP contribution in [0.4, 0.5) is 14.5 Å². The Bertz CT molecular complexity index is 660. The topological polar surface area (TPSA) is 106 Å². The van der Waals surface area contributed by atoms with Crippen molar-refractivity contribution >= 4 is 37.3 Å². The number of primary sulfonamides is 1. The molecule has 0 radical (unpaired) electrons. The molecule has 3 N–H and O–H groups in total. The molecule has 0 unspecified atom stereocenters. The molecule has 0 heterocycles. The SMILES string of the molecule is NS(=O)(=O)c1ccc(NS(=O)(=O)C(F)F)c(Cl)c1. The maximum absolute atomic E-state index is 12.1. The van der Waals surface area contributed by atoms with E-state index in [2.05, 4.69) is 0 Å². The smallest absolute Gasteiger partial charge is 0.277 e. The number of rotatable bonds is 4. The van der Waals surface area contributed by atoms with Crippen molar-refractivity contribution in [3.05, 3.63) is 23.2 Å². The summed E-state index contributed by atoms with van der Waals surface area (Å²) in [6, 6.07) is 2.70. The molecule has 11 heteroatoms. The van der Waals surface area contributed by atoms with Gasteiger partial charge in [-0.1, -0.05) is 11.6 Å². The van der Waals surface area contributed by atoms with Crippen LogP contribution in [0.25, 0.3) is 0 Å². The van der Waals surface area contributed by atoms with Crippen LogP contribution in [0.5, 0.6) is 0 Å². The summed E-state index contributed by atoms with van der Waals surface area (Å²) >= 11 is 5.55. The third-order valence-electron chi connectivity index (χ3n) is 1.76. The number of benzene rings is 1. The van der Waals surface area contributed by atoms with Crippen LogP contribution in [0.15, 0.2) is 23.1 Å². The molecule has 0 fully saturated rings. The van der Waals surface area contributed by atoms with Crippen molar-refractivity contribution in [1.82, 2.24) is 0 Å². The molecule has 0 atom stereocenters. The summed E-state index contributed by atoms with van der Waals surface area (Å²) in [4.78, 5) is -0.368. The molecule has 0 aliphatic carbocycles. The summed E-state index contributed by atoms with van der Waals surface area (Å²) < 4.78 is 69.3. The number of nitrogens with one attached hydrogen (secondary N) is 1. The molecule has 0 saturated carbocycles. The van der Waals surface area contributed by atoms with E-state index in [1.54, 1.807) is 0 Å². The van der Waals surface area contributed by atoms with Crippen molar-refractivity contribution in [3.8, 4) is 0 Å². The van der Waals surface area contributed by atoms with E-state index in [1.165, 1.54) is 4.72 Å². The van der Waals surface area contributed by atoms with Crippen LogP contribution in [0.1, 0.15) is 0 Å². The van der Waals surface area contributed by atoms with Crippen LogP contribution >= 0.6 is 11.6 Å². The van der Waals surface area contributed by atoms with E-state index in [0.717, 1.165) is 18.2 Å². The Balaban J connectivity index is 3.16. The lowest BCUT2D eigenvalue weighted by Gasteiger charge is -2.09. The van der Waals surface area contributed by atoms with Crippen molar-refractivity contribution in [2.45, 2.75) is 10.7 Å². The Kier molecular flexibility index (Phi) is 4.15. The van der Waals surface area contributed by atoms with Gasteiger partial charge in [-0.25, -0.2) is 22.0 Å². The largest absolute Gasteiger partial charge is 0.355 e. The van der Waals surface area contributed by atoms with Gasteiger partial charge >= 0.3 is 5.76 Å². The van der Waals surface area contributed by atoms with Crippen LogP contribution in [0.3, 0.4) is 0 Å².